The Kier molecular flexibility index (Phi) is 8.87. The fourth-order valence-corrected chi connectivity index (χ4v) is 2.76. The molecule has 0 aromatic heterocycles. The molecule has 6 nitrogen and oxygen atoms in total. The molecule has 0 radical (unpaired) electrons. The summed E-state index contributed by atoms with van der Waals surface area (Å²) in [6.07, 6.45) is 0.571. The zero-order valence-corrected chi connectivity index (χ0v) is 18.2. The highest BCUT2D eigenvalue weighted by Crippen LogP contribution is 2.16. The standard InChI is InChI=1S/C24H32N2O4/c1-18(20-9-6-5-7-10-20)29-16-8-15-25-22(27)17-19-11-13-21(14-12-19)26-23(28)30-24(2,3)4/h5-7,9-14,18H,8,15-17H2,1-4H3,(H,25,27)(H,26,28). The lowest BCUT2D eigenvalue weighted by Crippen LogP contribution is -2.27. The number of carbonyl (C=O) groups excluding carboxylic acids is 2. The number of benzene rings is 2. The minimum absolute atomic E-state index is 0.0368. The van der Waals surface area contributed by atoms with Gasteiger partial charge in [-0.25, -0.2) is 4.79 Å². The molecule has 0 saturated heterocycles. The molecule has 0 fully saturated rings. The monoisotopic (exact) mass is 412 g/mol. The number of ether oxygens (including phenoxy) is 2. The quantitative estimate of drug-likeness (QED) is 0.577. The summed E-state index contributed by atoms with van der Waals surface area (Å²) in [6.45, 7) is 8.61. The maximum Gasteiger partial charge on any atom is 0.412 e. The van der Waals surface area contributed by atoms with Crippen molar-refractivity contribution in [2.75, 3.05) is 18.5 Å². The molecule has 6 heteroatoms. The molecule has 0 spiro atoms. The molecule has 162 valence electrons. The first-order valence-corrected chi connectivity index (χ1v) is 10.2. The topological polar surface area (TPSA) is 76.7 Å². The van der Waals surface area contributed by atoms with Gasteiger partial charge in [-0.2, -0.15) is 0 Å². The van der Waals surface area contributed by atoms with Crippen molar-refractivity contribution < 1.29 is 19.1 Å². The van der Waals surface area contributed by atoms with Crippen LogP contribution in [0.1, 0.15) is 51.3 Å². The Morgan fingerprint density at radius 3 is 2.30 bits per heavy atom. The van der Waals surface area contributed by atoms with E-state index < -0.39 is 11.7 Å². The predicted octanol–water partition coefficient (Wildman–Crippen LogP) is 4.86. The van der Waals surface area contributed by atoms with E-state index in [4.69, 9.17) is 9.47 Å². The first kappa shape index (κ1) is 23.4. The van der Waals surface area contributed by atoms with Crippen LogP contribution in [0.15, 0.2) is 54.6 Å². The third-order valence-electron chi connectivity index (χ3n) is 4.24. The second-order valence-corrected chi connectivity index (χ2v) is 8.13. The number of hydrogen-bond acceptors (Lipinski definition) is 4. The normalized spacial score (nSPS) is 12.1. The number of amides is 2. The zero-order chi connectivity index (χ0) is 22.0. The van der Waals surface area contributed by atoms with E-state index in [9.17, 15) is 9.59 Å². The van der Waals surface area contributed by atoms with Gasteiger partial charge in [-0.15, -0.1) is 0 Å². The van der Waals surface area contributed by atoms with Gasteiger partial charge in [0.2, 0.25) is 5.91 Å². The molecule has 2 rings (SSSR count). The molecule has 0 aliphatic carbocycles. The van der Waals surface area contributed by atoms with Gasteiger partial charge in [0.1, 0.15) is 5.60 Å². The van der Waals surface area contributed by atoms with E-state index >= 15 is 0 Å². The molecular formula is C24H32N2O4. The molecule has 2 aromatic rings. The van der Waals surface area contributed by atoms with Crippen LogP contribution in [0.5, 0.6) is 0 Å². The van der Waals surface area contributed by atoms with Crippen LogP contribution in [-0.2, 0) is 20.7 Å². The Labute approximate surface area is 179 Å². The molecule has 0 aliphatic rings. The van der Waals surface area contributed by atoms with E-state index in [1.807, 2.05) is 70.2 Å². The molecule has 0 saturated carbocycles. The van der Waals surface area contributed by atoms with Gasteiger partial charge in [0.05, 0.1) is 12.5 Å². The summed E-state index contributed by atoms with van der Waals surface area (Å²) in [6, 6.07) is 17.2. The molecule has 30 heavy (non-hydrogen) atoms. The highest BCUT2D eigenvalue weighted by molar-refractivity contribution is 5.85. The van der Waals surface area contributed by atoms with Gasteiger partial charge in [0.15, 0.2) is 0 Å². The number of rotatable bonds is 9. The SMILES string of the molecule is CC(OCCCNC(=O)Cc1ccc(NC(=O)OC(C)(C)C)cc1)c1ccccc1. The van der Waals surface area contributed by atoms with Crippen molar-refractivity contribution in [3.8, 4) is 0 Å². The average Bonchev–Trinajstić information content (AvgIpc) is 2.68. The van der Waals surface area contributed by atoms with Crippen LogP contribution in [0, 0.1) is 0 Å². The number of carbonyl (C=O) groups is 2. The highest BCUT2D eigenvalue weighted by atomic mass is 16.6. The van der Waals surface area contributed by atoms with Crippen molar-refractivity contribution in [3.63, 3.8) is 0 Å². The zero-order valence-electron chi connectivity index (χ0n) is 18.2. The summed E-state index contributed by atoms with van der Waals surface area (Å²) in [7, 11) is 0. The van der Waals surface area contributed by atoms with Gasteiger partial charge in [0.25, 0.3) is 0 Å². The lowest BCUT2D eigenvalue weighted by atomic mass is 10.1. The Bertz CT molecular complexity index is 798. The van der Waals surface area contributed by atoms with Crippen molar-refractivity contribution in [1.82, 2.24) is 5.32 Å². The lowest BCUT2D eigenvalue weighted by molar-refractivity contribution is -0.120. The Balaban J connectivity index is 1.64. The van der Waals surface area contributed by atoms with Crippen molar-refractivity contribution in [3.05, 3.63) is 65.7 Å². The van der Waals surface area contributed by atoms with E-state index in [1.54, 1.807) is 12.1 Å². The van der Waals surface area contributed by atoms with Gasteiger partial charge in [0, 0.05) is 18.8 Å². The number of nitrogens with one attached hydrogen (secondary N) is 2. The Morgan fingerprint density at radius 2 is 1.67 bits per heavy atom. The fraction of sp³-hybridized carbons (Fsp3) is 0.417. The molecule has 0 bridgehead atoms. The second-order valence-electron chi connectivity index (χ2n) is 8.13. The maximum absolute atomic E-state index is 12.1. The van der Waals surface area contributed by atoms with Crippen molar-refractivity contribution in [1.29, 1.82) is 0 Å². The number of hydrogen-bond donors (Lipinski definition) is 2. The van der Waals surface area contributed by atoms with E-state index in [2.05, 4.69) is 10.6 Å². The summed E-state index contributed by atoms with van der Waals surface area (Å²) in [5.41, 5.74) is 2.09. The molecule has 1 atom stereocenters. The molecule has 2 N–H and O–H groups in total. The number of anilines is 1. The molecule has 1 unspecified atom stereocenters. The van der Waals surface area contributed by atoms with Crippen molar-refractivity contribution >= 4 is 17.7 Å². The van der Waals surface area contributed by atoms with Gasteiger partial charge in [-0.1, -0.05) is 42.5 Å². The molecule has 0 heterocycles. The first-order chi connectivity index (χ1) is 14.2. The van der Waals surface area contributed by atoms with Crippen LogP contribution in [0.4, 0.5) is 10.5 Å². The van der Waals surface area contributed by atoms with E-state index in [0.29, 0.717) is 18.8 Å². The highest BCUT2D eigenvalue weighted by Gasteiger charge is 2.16. The van der Waals surface area contributed by atoms with Crippen LogP contribution < -0.4 is 10.6 Å². The van der Waals surface area contributed by atoms with Crippen LogP contribution >= 0.6 is 0 Å². The van der Waals surface area contributed by atoms with Crippen molar-refractivity contribution in [2.45, 2.75) is 52.2 Å². The van der Waals surface area contributed by atoms with Crippen LogP contribution in [0.25, 0.3) is 0 Å². The van der Waals surface area contributed by atoms with Gasteiger partial charge < -0.3 is 14.8 Å². The smallest absolute Gasteiger partial charge is 0.412 e. The summed E-state index contributed by atoms with van der Waals surface area (Å²) in [5.74, 6) is -0.0426. The minimum atomic E-state index is -0.549. The first-order valence-electron chi connectivity index (χ1n) is 10.2. The van der Waals surface area contributed by atoms with E-state index in [0.717, 1.165) is 17.5 Å². The average molecular weight is 413 g/mol. The third-order valence-corrected chi connectivity index (χ3v) is 4.24. The fourth-order valence-electron chi connectivity index (χ4n) is 2.76. The van der Waals surface area contributed by atoms with E-state index in [-0.39, 0.29) is 18.4 Å². The summed E-state index contributed by atoms with van der Waals surface area (Å²) >= 11 is 0. The maximum atomic E-state index is 12.1. The largest absolute Gasteiger partial charge is 0.444 e. The van der Waals surface area contributed by atoms with Gasteiger partial charge in [-0.3, -0.25) is 10.1 Å². The van der Waals surface area contributed by atoms with Crippen LogP contribution in [-0.4, -0.2) is 30.8 Å². The minimum Gasteiger partial charge on any atom is -0.444 e. The summed E-state index contributed by atoms with van der Waals surface area (Å²) in [5, 5.41) is 5.58. The predicted molar refractivity (Wildman–Crippen MR) is 118 cm³/mol. The van der Waals surface area contributed by atoms with Gasteiger partial charge >= 0.3 is 6.09 Å². The van der Waals surface area contributed by atoms with Crippen molar-refractivity contribution in [2.24, 2.45) is 0 Å². The second kappa shape index (κ2) is 11.4. The Morgan fingerprint density at radius 1 is 1.00 bits per heavy atom. The molecular weight excluding hydrogens is 380 g/mol. The molecule has 2 amide bonds. The lowest BCUT2D eigenvalue weighted by Gasteiger charge is -2.19. The third kappa shape index (κ3) is 9.09. The summed E-state index contributed by atoms with van der Waals surface area (Å²) < 4.78 is 11.0. The van der Waals surface area contributed by atoms with Crippen LogP contribution in [0.3, 0.4) is 0 Å². The van der Waals surface area contributed by atoms with Crippen LogP contribution in [0.2, 0.25) is 0 Å². The molecule has 0 aliphatic heterocycles. The van der Waals surface area contributed by atoms with E-state index in [1.165, 1.54) is 0 Å². The summed E-state index contributed by atoms with van der Waals surface area (Å²) in [4.78, 5) is 23.9. The Hall–Kier alpha value is -2.86. The molecule has 2 aromatic carbocycles. The van der Waals surface area contributed by atoms with Gasteiger partial charge in [-0.05, 0) is 57.4 Å².